The van der Waals surface area contributed by atoms with Gasteiger partial charge in [0.25, 0.3) is 5.91 Å². The number of hydrogen-bond donors (Lipinski definition) is 1. The SMILES string of the molecule is CCN(CC(=O)Nc1c(Cl)cccc1Cl)C(=O)c1c(Cl)nc2ccccn12. The van der Waals surface area contributed by atoms with Gasteiger partial charge in [0, 0.05) is 12.7 Å². The number of pyridine rings is 1. The minimum absolute atomic E-state index is 0.0826. The number of fused-ring (bicyclic) bond motifs is 1. The van der Waals surface area contributed by atoms with E-state index in [1.54, 1.807) is 53.9 Å². The van der Waals surface area contributed by atoms with Crippen LogP contribution in [0.3, 0.4) is 0 Å². The van der Waals surface area contributed by atoms with Crippen LogP contribution in [0, 0.1) is 0 Å². The highest BCUT2D eigenvalue weighted by molar-refractivity contribution is 6.39. The summed E-state index contributed by atoms with van der Waals surface area (Å²) in [5.41, 5.74) is 1.06. The van der Waals surface area contributed by atoms with Crippen LogP contribution < -0.4 is 5.32 Å². The van der Waals surface area contributed by atoms with Gasteiger partial charge in [0.2, 0.25) is 5.91 Å². The van der Waals surface area contributed by atoms with E-state index < -0.39 is 11.8 Å². The fourth-order valence-corrected chi connectivity index (χ4v) is 3.36. The monoisotopic (exact) mass is 424 g/mol. The molecule has 6 nitrogen and oxygen atoms in total. The fraction of sp³-hybridized carbons (Fsp3) is 0.167. The molecule has 2 amide bonds. The lowest BCUT2D eigenvalue weighted by molar-refractivity contribution is -0.116. The molecule has 0 unspecified atom stereocenters. The maximum atomic E-state index is 12.9. The van der Waals surface area contributed by atoms with Crippen molar-refractivity contribution in [1.82, 2.24) is 14.3 Å². The standard InChI is InChI=1S/C18H15Cl3N4O2/c1-2-24(10-14(26)23-15-11(19)6-5-7-12(15)20)18(27)16-17(21)22-13-8-3-4-9-25(13)16/h3-9H,2,10H2,1H3,(H,23,26). The zero-order valence-electron chi connectivity index (χ0n) is 14.2. The average Bonchev–Trinajstić information content (AvgIpc) is 2.98. The topological polar surface area (TPSA) is 66.7 Å². The average molecular weight is 426 g/mol. The Labute approximate surface area is 170 Å². The summed E-state index contributed by atoms with van der Waals surface area (Å²) in [6, 6.07) is 10.2. The first kappa shape index (κ1) is 19.5. The van der Waals surface area contributed by atoms with Gasteiger partial charge >= 0.3 is 0 Å². The van der Waals surface area contributed by atoms with Crippen LogP contribution >= 0.6 is 34.8 Å². The van der Waals surface area contributed by atoms with E-state index >= 15 is 0 Å². The molecule has 0 bridgehead atoms. The molecule has 0 saturated heterocycles. The molecule has 1 aromatic carbocycles. The third-order valence-electron chi connectivity index (χ3n) is 3.92. The van der Waals surface area contributed by atoms with Crippen LogP contribution in [0.15, 0.2) is 42.6 Å². The number of para-hydroxylation sites is 1. The molecule has 0 aliphatic rings. The van der Waals surface area contributed by atoms with E-state index in [9.17, 15) is 9.59 Å². The summed E-state index contributed by atoms with van der Waals surface area (Å²) in [6.45, 7) is 1.89. The molecule has 0 radical (unpaired) electrons. The number of anilines is 1. The minimum atomic E-state index is -0.426. The Morgan fingerprint density at radius 2 is 1.81 bits per heavy atom. The Kier molecular flexibility index (Phi) is 5.89. The van der Waals surface area contributed by atoms with E-state index in [0.29, 0.717) is 27.9 Å². The van der Waals surface area contributed by atoms with Crippen molar-refractivity contribution in [3.63, 3.8) is 0 Å². The highest BCUT2D eigenvalue weighted by atomic mass is 35.5. The van der Waals surface area contributed by atoms with Crippen molar-refractivity contribution in [2.75, 3.05) is 18.4 Å². The van der Waals surface area contributed by atoms with Crippen molar-refractivity contribution in [3.05, 3.63) is 63.5 Å². The molecular formula is C18H15Cl3N4O2. The van der Waals surface area contributed by atoms with Crippen molar-refractivity contribution < 1.29 is 9.59 Å². The third-order valence-corrected chi connectivity index (χ3v) is 4.81. The zero-order valence-corrected chi connectivity index (χ0v) is 16.5. The molecule has 3 aromatic rings. The van der Waals surface area contributed by atoms with Gasteiger partial charge in [-0.1, -0.05) is 46.9 Å². The van der Waals surface area contributed by atoms with E-state index in [2.05, 4.69) is 10.3 Å². The number of halogens is 3. The first-order valence-electron chi connectivity index (χ1n) is 8.08. The lowest BCUT2D eigenvalue weighted by atomic mass is 10.3. The molecule has 0 spiro atoms. The Bertz CT molecular complexity index is 999. The van der Waals surface area contributed by atoms with E-state index in [0.717, 1.165) is 0 Å². The second-order valence-corrected chi connectivity index (χ2v) is 6.82. The molecule has 1 N–H and O–H groups in total. The highest BCUT2D eigenvalue weighted by Gasteiger charge is 2.24. The van der Waals surface area contributed by atoms with Crippen LogP contribution in [-0.4, -0.2) is 39.2 Å². The Hall–Kier alpha value is -2.28. The Morgan fingerprint density at radius 3 is 2.48 bits per heavy atom. The van der Waals surface area contributed by atoms with Gasteiger partial charge in [0.1, 0.15) is 12.2 Å². The van der Waals surface area contributed by atoms with Crippen molar-refractivity contribution in [2.24, 2.45) is 0 Å². The highest BCUT2D eigenvalue weighted by Crippen LogP contribution is 2.29. The fourth-order valence-electron chi connectivity index (χ4n) is 2.60. The van der Waals surface area contributed by atoms with Gasteiger partial charge in [-0.3, -0.25) is 14.0 Å². The molecule has 9 heteroatoms. The second kappa shape index (κ2) is 8.17. The minimum Gasteiger partial charge on any atom is -0.328 e. The Balaban J connectivity index is 1.81. The molecule has 3 rings (SSSR count). The number of likely N-dealkylation sites (N-methyl/N-ethyl adjacent to an activating group) is 1. The summed E-state index contributed by atoms with van der Waals surface area (Å²) in [7, 11) is 0. The van der Waals surface area contributed by atoms with Gasteiger partial charge in [-0.05, 0) is 31.2 Å². The zero-order chi connectivity index (χ0) is 19.6. The first-order chi connectivity index (χ1) is 12.9. The predicted octanol–water partition coefficient (Wildman–Crippen LogP) is 4.40. The predicted molar refractivity (Wildman–Crippen MR) is 107 cm³/mol. The van der Waals surface area contributed by atoms with Gasteiger partial charge in [-0.2, -0.15) is 0 Å². The van der Waals surface area contributed by atoms with E-state index in [1.165, 1.54) is 4.90 Å². The smallest absolute Gasteiger partial charge is 0.274 e. The molecule has 0 fully saturated rings. The number of benzene rings is 1. The van der Waals surface area contributed by atoms with E-state index in [1.807, 2.05) is 0 Å². The van der Waals surface area contributed by atoms with Crippen LogP contribution in [-0.2, 0) is 4.79 Å². The second-order valence-electron chi connectivity index (χ2n) is 5.64. The normalized spacial score (nSPS) is 10.8. The molecule has 2 aromatic heterocycles. The number of aromatic nitrogens is 2. The summed E-state index contributed by atoms with van der Waals surface area (Å²) < 4.78 is 1.59. The summed E-state index contributed by atoms with van der Waals surface area (Å²) in [6.07, 6.45) is 1.69. The molecule has 0 aliphatic carbocycles. The van der Waals surface area contributed by atoms with Crippen molar-refractivity contribution in [2.45, 2.75) is 6.92 Å². The number of carbonyl (C=O) groups is 2. The summed E-state index contributed by atoms with van der Waals surface area (Å²) in [4.78, 5) is 30.9. The van der Waals surface area contributed by atoms with Gasteiger partial charge in [-0.15, -0.1) is 0 Å². The number of rotatable bonds is 5. The van der Waals surface area contributed by atoms with Crippen molar-refractivity contribution >= 4 is 58.0 Å². The Morgan fingerprint density at radius 1 is 1.11 bits per heavy atom. The molecule has 0 aliphatic heterocycles. The van der Waals surface area contributed by atoms with E-state index in [-0.39, 0.29) is 17.4 Å². The lowest BCUT2D eigenvalue weighted by Gasteiger charge is -2.20. The number of carbonyl (C=O) groups excluding carboxylic acids is 2. The molecule has 27 heavy (non-hydrogen) atoms. The van der Waals surface area contributed by atoms with Crippen LogP contribution in [0.4, 0.5) is 5.69 Å². The lowest BCUT2D eigenvalue weighted by Crippen LogP contribution is -2.38. The van der Waals surface area contributed by atoms with Gasteiger partial charge in [0.05, 0.1) is 15.7 Å². The number of imidazole rings is 1. The van der Waals surface area contributed by atoms with Crippen molar-refractivity contribution in [3.8, 4) is 0 Å². The molecule has 0 saturated carbocycles. The molecular weight excluding hydrogens is 411 g/mol. The summed E-state index contributed by atoms with van der Waals surface area (Å²) >= 11 is 18.3. The quantitative estimate of drug-likeness (QED) is 0.659. The largest absolute Gasteiger partial charge is 0.328 e. The summed E-state index contributed by atoms with van der Waals surface area (Å²) in [5.74, 6) is -0.827. The number of nitrogens with one attached hydrogen (secondary N) is 1. The first-order valence-corrected chi connectivity index (χ1v) is 9.21. The maximum absolute atomic E-state index is 12.9. The van der Waals surface area contributed by atoms with E-state index in [4.69, 9.17) is 34.8 Å². The molecule has 2 heterocycles. The van der Waals surface area contributed by atoms with Crippen LogP contribution in [0.25, 0.3) is 5.65 Å². The van der Waals surface area contributed by atoms with Gasteiger partial charge in [-0.25, -0.2) is 4.98 Å². The molecule has 140 valence electrons. The number of hydrogen-bond acceptors (Lipinski definition) is 3. The van der Waals surface area contributed by atoms with Gasteiger partial charge in [0.15, 0.2) is 10.8 Å². The van der Waals surface area contributed by atoms with Crippen molar-refractivity contribution in [1.29, 1.82) is 0 Å². The van der Waals surface area contributed by atoms with Crippen LogP contribution in [0.5, 0.6) is 0 Å². The number of nitrogens with zero attached hydrogens (tertiary/aromatic N) is 3. The summed E-state index contributed by atoms with van der Waals surface area (Å²) in [5, 5.41) is 3.36. The van der Waals surface area contributed by atoms with Gasteiger partial charge < -0.3 is 10.2 Å². The molecule has 0 atom stereocenters. The van der Waals surface area contributed by atoms with Crippen LogP contribution in [0.1, 0.15) is 17.4 Å². The van der Waals surface area contributed by atoms with Crippen LogP contribution in [0.2, 0.25) is 15.2 Å². The maximum Gasteiger partial charge on any atom is 0.274 e. The third kappa shape index (κ3) is 4.03. The number of amides is 2.